The van der Waals surface area contributed by atoms with Crippen molar-refractivity contribution in [1.82, 2.24) is 30.1 Å². The fourth-order valence-corrected chi connectivity index (χ4v) is 4.56. The second-order valence-corrected chi connectivity index (χ2v) is 8.41. The van der Waals surface area contributed by atoms with E-state index in [2.05, 4.69) is 48.5 Å². The number of non-ortho nitro benzene ring substituents is 1. The zero-order valence-electron chi connectivity index (χ0n) is 19.4. The topological polar surface area (TPSA) is 115 Å². The van der Waals surface area contributed by atoms with Crippen LogP contribution in [0.4, 0.5) is 11.4 Å². The minimum atomic E-state index is -0.376. The average molecular weight is 475 g/mol. The SMILES string of the molecule is COCCn1nnnc1[C@H](c1ccc2ncccc2c1)N1CCN(c2ccc([N+](=O)[O-])cc2)CC1. The monoisotopic (exact) mass is 474 g/mol. The van der Waals surface area contributed by atoms with Crippen molar-refractivity contribution >= 4 is 22.3 Å². The molecule has 0 N–H and O–H groups in total. The summed E-state index contributed by atoms with van der Waals surface area (Å²) < 4.78 is 7.07. The third-order valence-corrected chi connectivity index (χ3v) is 6.36. The van der Waals surface area contributed by atoms with Gasteiger partial charge in [-0.1, -0.05) is 12.1 Å². The van der Waals surface area contributed by atoms with Crippen LogP contribution in [0.5, 0.6) is 0 Å². The van der Waals surface area contributed by atoms with Crippen LogP contribution >= 0.6 is 0 Å². The van der Waals surface area contributed by atoms with Gasteiger partial charge in [0.15, 0.2) is 5.82 Å². The number of nitro benzene ring substituents is 1. The van der Waals surface area contributed by atoms with E-state index in [4.69, 9.17) is 4.74 Å². The van der Waals surface area contributed by atoms with Gasteiger partial charge in [0.1, 0.15) is 0 Å². The van der Waals surface area contributed by atoms with Crippen LogP contribution in [0.25, 0.3) is 10.9 Å². The maximum atomic E-state index is 11.0. The Morgan fingerprint density at radius 1 is 1.09 bits per heavy atom. The highest BCUT2D eigenvalue weighted by Gasteiger charge is 2.31. The number of methoxy groups -OCH3 is 1. The van der Waals surface area contributed by atoms with Gasteiger partial charge in [-0.05, 0) is 46.3 Å². The molecule has 0 unspecified atom stereocenters. The van der Waals surface area contributed by atoms with Gasteiger partial charge < -0.3 is 9.64 Å². The Balaban J connectivity index is 1.42. The van der Waals surface area contributed by atoms with Gasteiger partial charge in [-0.15, -0.1) is 5.10 Å². The maximum absolute atomic E-state index is 11.0. The number of pyridine rings is 1. The Bertz CT molecular complexity index is 1300. The Labute approximate surface area is 202 Å². The lowest BCUT2D eigenvalue weighted by atomic mass is 10.0. The minimum Gasteiger partial charge on any atom is -0.383 e. The van der Waals surface area contributed by atoms with E-state index in [1.807, 2.05) is 28.9 Å². The molecule has 0 amide bonds. The van der Waals surface area contributed by atoms with E-state index in [0.29, 0.717) is 13.2 Å². The van der Waals surface area contributed by atoms with Crippen molar-refractivity contribution in [2.75, 3.05) is 44.8 Å². The van der Waals surface area contributed by atoms with Crippen molar-refractivity contribution in [3.8, 4) is 0 Å². The lowest BCUT2D eigenvalue weighted by Crippen LogP contribution is -2.48. The van der Waals surface area contributed by atoms with E-state index >= 15 is 0 Å². The van der Waals surface area contributed by atoms with Crippen molar-refractivity contribution < 1.29 is 9.66 Å². The van der Waals surface area contributed by atoms with Gasteiger partial charge >= 0.3 is 0 Å². The largest absolute Gasteiger partial charge is 0.383 e. The third-order valence-electron chi connectivity index (χ3n) is 6.36. The van der Waals surface area contributed by atoms with E-state index in [1.54, 1.807) is 25.4 Å². The quantitative estimate of drug-likeness (QED) is 0.281. The van der Waals surface area contributed by atoms with Crippen LogP contribution in [-0.2, 0) is 11.3 Å². The average Bonchev–Trinajstić information content (AvgIpc) is 3.36. The first-order valence-electron chi connectivity index (χ1n) is 11.5. The van der Waals surface area contributed by atoms with Gasteiger partial charge in [0.05, 0.1) is 29.6 Å². The predicted octanol–water partition coefficient (Wildman–Crippen LogP) is 2.69. The number of tetrazole rings is 1. The molecule has 0 spiro atoms. The fourth-order valence-electron chi connectivity index (χ4n) is 4.56. The number of nitro groups is 1. The molecule has 0 radical (unpaired) electrons. The molecule has 1 atom stereocenters. The summed E-state index contributed by atoms with van der Waals surface area (Å²) >= 11 is 0. The minimum absolute atomic E-state index is 0.0983. The molecule has 180 valence electrons. The summed E-state index contributed by atoms with van der Waals surface area (Å²) in [7, 11) is 1.66. The first-order valence-corrected chi connectivity index (χ1v) is 11.5. The van der Waals surface area contributed by atoms with Gasteiger partial charge in [-0.2, -0.15) is 0 Å². The number of nitrogens with zero attached hydrogens (tertiary/aromatic N) is 8. The molecule has 11 heteroatoms. The maximum Gasteiger partial charge on any atom is 0.269 e. The van der Waals surface area contributed by atoms with Gasteiger partial charge in [0.2, 0.25) is 0 Å². The van der Waals surface area contributed by atoms with Crippen molar-refractivity contribution in [3.63, 3.8) is 0 Å². The summed E-state index contributed by atoms with van der Waals surface area (Å²) in [6, 6.07) is 16.9. The molecule has 4 aromatic rings. The van der Waals surface area contributed by atoms with E-state index < -0.39 is 0 Å². The zero-order chi connectivity index (χ0) is 24.2. The number of rotatable bonds is 8. The van der Waals surface area contributed by atoms with Crippen molar-refractivity contribution in [1.29, 1.82) is 0 Å². The zero-order valence-corrected chi connectivity index (χ0v) is 19.4. The van der Waals surface area contributed by atoms with Crippen LogP contribution < -0.4 is 4.90 Å². The fraction of sp³-hybridized carbons (Fsp3) is 0.333. The van der Waals surface area contributed by atoms with Crippen LogP contribution in [0, 0.1) is 10.1 Å². The number of hydrogen-bond acceptors (Lipinski definition) is 9. The van der Waals surface area contributed by atoms with Crippen LogP contribution in [0.2, 0.25) is 0 Å². The second-order valence-electron chi connectivity index (χ2n) is 8.41. The van der Waals surface area contributed by atoms with E-state index in [0.717, 1.165) is 54.2 Å². The van der Waals surface area contributed by atoms with Gasteiger partial charge in [0.25, 0.3) is 5.69 Å². The summed E-state index contributed by atoms with van der Waals surface area (Å²) in [5.41, 5.74) is 3.12. The molecule has 1 aliphatic heterocycles. The Morgan fingerprint density at radius 3 is 2.63 bits per heavy atom. The molecular weight excluding hydrogens is 448 g/mol. The first kappa shape index (κ1) is 22.8. The third kappa shape index (κ3) is 4.81. The summed E-state index contributed by atoms with van der Waals surface area (Å²) in [6.45, 7) is 4.20. The molecule has 35 heavy (non-hydrogen) atoms. The highest BCUT2D eigenvalue weighted by atomic mass is 16.6. The van der Waals surface area contributed by atoms with Crippen LogP contribution in [0.15, 0.2) is 60.8 Å². The Hall–Kier alpha value is -3.96. The molecule has 0 saturated carbocycles. The molecular formula is C24H26N8O3. The van der Waals surface area contributed by atoms with Gasteiger partial charge in [-0.3, -0.25) is 20.0 Å². The smallest absolute Gasteiger partial charge is 0.269 e. The molecule has 0 bridgehead atoms. The molecule has 2 aromatic carbocycles. The number of benzene rings is 2. The standard InChI is InChI=1S/C24H26N8O3/c1-35-16-15-31-24(26-27-28-31)23(19-4-9-22-18(17-19)3-2-10-25-22)30-13-11-29(12-14-30)20-5-7-21(8-6-20)32(33)34/h2-10,17,23H,11-16H2,1H3/t23-/m0/s1. The highest BCUT2D eigenvalue weighted by molar-refractivity contribution is 5.79. The number of ether oxygens (including phenoxy) is 1. The van der Waals surface area contributed by atoms with Crippen LogP contribution in [0.1, 0.15) is 17.4 Å². The molecule has 1 fully saturated rings. The van der Waals surface area contributed by atoms with E-state index in [9.17, 15) is 10.1 Å². The second kappa shape index (κ2) is 10.1. The number of piperazine rings is 1. The first-order chi connectivity index (χ1) is 17.1. The molecule has 11 nitrogen and oxygen atoms in total. The number of anilines is 1. The Morgan fingerprint density at radius 2 is 1.89 bits per heavy atom. The summed E-state index contributed by atoms with van der Waals surface area (Å²) in [5, 5.41) is 24.6. The normalized spacial score (nSPS) is 15.4. The van der Waals surface area contributed by atoms with Crippen molar-refractivity contribution in [3.05, 3.63) is 82.3 Å². The molecule has 0 aliphatic carbocycles. The van der Waals surface area contributed by atoms with E-state index in [1.165, 1.54) is 0 Å². The number of fused-ring (bicyclic) bond motifs is 1. The highest BCUT2D eigenvalue weighted by Crippen LogP contribution is 2.31. The molecule has 1 aliphatic rings. The van der Waals surface area contributed by atoms with Gasteiger partial charge in [-0.25, -0.2) is 4.68 Å². The molecule has 2 aromatic heterocycles. The molecule has 5 rings (SSSR count). The van der Waals surface area contributed by atoms with Crippen molar-refractivity contribution in [2.24, 2.45) is 0 Å². The summed E-state index contributed by atoms with van der Waals surface area (Å²) in [4.78, 5) is 19.7. The van der Waals surface area contributed by atoms with E-state index in [-0.39, 0.29) is 16.7 Å². The van der Waals surface area contributed by atoms with Crippen LogP contribution in [-0.4, -0.2) is 74.9 Å². The summed E-state index contributed by atoms with van der Waals surface area (Å²) in [6.07, 6.45) is 1.79. The van der Waals surface area contributed by atoms with Gasteiger partial charge in [0, 0.05) is 62.7 Å². The molecule has 1 saturated heterocycles. The number of aromatic nitrogens is 5. The predicted molar refractivity (Wildman–Crippen MR) is 130 cm³/mol. The number of hydrogen-bond donors (Lipinski definition) is 0. The lowest BCUT2D eigenvalue weighted by Gasteiger charge is -2.40. The Kier molecular flexibility index (Phi) is 6.59. The lowest BCUT2D eigenvalue weighted by molar-refractivity contribution is -0.384. The summed E-state index contributed by atoms with van der Waals surface area (Å²) in [5.74, 6) is 0.772. The van der Waals surface area contributed by atoms with Crippen LogP contribution in [0.3, 0.4) is 0 Å². The molecule has 3 heterocycles. The van der Waals surface area contributed by atoms with Crippen molar-refractivity contribution in [2.45, 2.75) is 12.6 Å².